The Morgan fingerprint density at radius 2 is 1.31 bits per heavy atom. The number of imidazole rings is 2. The Bertz CT molecular complexity index is 2430. The van der Waals surface area contributed by atoms with Crippen molar-refractivity contribution in [2.75, 3.05) is 27.3 Å². The van der Waals surface area contributed by atoms with E-state index in [9.17, 15) is 14.4 Å². The minimum absolute atomic E-state index is 0.113. The highest BCUT2D eigenvalue weighted by Gasteiger charge is 2.38. The molecular weight excluding hydrogens is 749 g/mol. The number of ether oxygens (including phenoxy) is 1. The second-order valence-corrected chi connectivity index (χ2v) is 15.0. The number of aromatic amines is 2. The van der Waals surface area contributed by atoms with E-state index in [0.717, 1.165) is 84.2 Å². The second-order valence-electron chi connectivity index (χ2n) is 15.0. The average molecular weight is 797 g/mol. The molecule has 0 radical (unpaired) electrons. The average Bonchev–Trinajstić information content (AvgIpc) is 4.10. The zero-order chi connectivity index (χ0) is 40.7. The van der Waals surface area contributed by atoms with Crippen LogP contribution in [-0.2, 0) is 36.9 Å². The summed E-state index contributed by atoms with van der Waals surface area (Å²) in [6.45, 7) is 1.18. The maximum atomic E-state index is 13.9. The summed E-state index contributed by atoms with van der Waals surface area (Å²) in [5.74, 6) is 1.21. The van der Waals surface area contributed by atoms with Gasteiger partial charge in [0.05, 0.1) is 48.4 Å². The lowest BCUT2D eigenvalue weighted by Gasteiger charge is -2.28. The number of methoxy groups -OCH3 is 1. The third kappa shape index (κ3) is 8.68. The number of rotatable bonds is 14. The van der Waals surface area contributed by atoms with Crippen LogP contribution in [0, 0.1) is 0 Å². The maximum absolute atomic E-state index is 13.9. The van der Waals surface area contributed by atoms with Gasteiger partial charge in [0.25, 0.3) is 11.8 Å². The van der Waals surface area contributed by atoms with Crippen molar-refractivity contribution in [3.05, 3.63) is 131 Å². The fourth-order valence-electron chi connectivity index (χ4n) is 8.40. The molecule has 4 aromatic carbocycles. The minimum atomic E-state index is -0.869. The van der Waals surface area contributed by atoms with Crippen molar-refractivity contribution < 1.29 is 28.9 Å². The Kier molecular flexibility index (Phi) is 11.9. The SMILES string of the molecule is COOC=N[C@@H](C(=O)N1CCC[C@H]1c1nc2ccc(CCCc3ccc4nc([C@@H]5CCCN5C(=O)[C@H](NC(=O)OC)c5ccccc5)[nH]c4c3)cc2[nH]1)c1ccccc1. The van der Waals surface area contributed by atoms with Gasteiger partial charge in [0, 0.05) is 13.1 Å². The number of aryl methyl sites for hydroxylation is 2. The van der Waals surface area contributed by atoms with E-state index in [2.05, 4.69) is 49.4 Å². The van der Waals surface area contributed by atoms with Crippen molar-refractivity contribution >= 4 is 46.4 Å². The number of likely N-dealkylation sites (tertiary alicyclic amines) is 2. The first-order valence-electron chi connectivity index (χ1n) is 20.1. The van der Waals surface area contributed by atoms with Crippen LogP contribution in [0.3, 0.4) is 0 Å². The highest BCUT2D eigenvalue weighted by molar-refractivity contribution is 5.88. The molecule has 0 spiro atoms. The van der Waals surface area contributed by atoms with Gasteiger partial charge >= 0.3 is 6.09 Å². The first-order valence-corrected chi connectivity index (χ1v) is 20.1. The number of alkyl carbamates (subject to hydrolysis) is 1. The molecule has 4 heterocycles. The van der Waals surface area contributed by atoms with Crippen LogP contribution in [0.5, 0.6) is 0 Å². The Hall–Kier alpha value is -6.54. The molecule has 14 heteroatoms. The van der Waals surface area contributed by atoms with Crippen LogP contribution in [0.15, 0.2) is 102 Å². The number of hydrogen-bond donors (Lipinski definition) is 3. The number of carbonyl (C=O) groups is 3. The summed E-state index contributed by atoms with van der Waals surface area (Å²) in [6, 6.07) is 29.3. The predicted octanol–water partition coefficient (Wildman–Crippen LogP) is 7.39. The number of nitrogens with zero attached hydrogens (tertiary/aromatic N) is 5. The van der Waals surface area contributed by atoms with Crippen molar-refractivity contribution in [3.63, 3.8) is 0 Å². The monoisotopic (exact) mass is 796 g/mol. The number of aliphatic imine (C=N–C) groups is 1. The van der Waals surface area contributed by atoms with Crippen molar-refractivity contribution in [1.29, 1.82) is 0 Å². The Morgan fingerprint density at radius 3 is 1.85 bits per heavy atom. The number of amides is 3. The smallest absolute Gasteiger partial charge is 0.407 e. The molecule has 2 aromatic heterocycles. The van der Waals surface area contributed by atoms with Crippen molar-refractivity contribution in [1.82, 2.24) is 35.1 Å². The molecule has 2 saturated heterocycles. The van der Waals surface area contributed by atoms with E-state index < -0.39 is 18.2 Å². The molecule has 2 fully saturated rings. The number of benzene rings is 4. The highest BCUT2D eigenvalue weighted by atomic mass is 17.2. The van der Waals surface area contributed by atoms with Crippen molar-refractivity contribution in [3.8, 4) is 0 Å². The zero-order valence-corrected chi connectivity index (χ0v) is 33.2. The molecule has 0 unspecified atom stereocenters. The number of nitrogens with one attached hydrogen (secondary N) is 3. The number of H-pyrrole nitrogens is 2. The van der Waals surface area contributed by atoms with E-state index in [1.165, 1.54) is 31.7 Å². The van der Waals surface area contributed by atoms with Crippen LogP contribution in [0.4, 0.5) is 4.79 Å². The summed E-state index contributed by atoms with van der Waals surface area (Å²) < 4.78 is 4.84. The maximum Gasteiger partial charge on any atom is 0.407 e. The Labute approximate surface area is 341 Å². The lowest BCUT2D eigenvalue weighted by atomic mass is 10.0. The minimum Gasteiger partial charge on any atom is -0.453 e. The zero-order valence-electron chi connectivity index (χ0n) is 33.2. The topological polar surface area (TPSA) is 167 Å². The molecule has 0 aliphatic carbocycles. The molecule has 8 rings (SSSR count). The molecule has 4 atom stereocenters. The molecule has 0 bridgehead atoms. The molecule has 59 heavy (non-hydrogen) atoms. The summed E-state index contributed by atoms with van der Waals surface area (Å²) >= 11 is 0. The molecule has 3 amide bonds. The van der Waals surface area contributed by atoms with E-state index in [0.29, 0.717) is 18.7 Å². The van der Waals surface area contributed by atoms with Gasteiger partial charge in [-0.25, -0.2) is 19.8 Å². The molecule has 3 N–H and O–H groups in total. The summed E-state index contributed by atoms with van der Waals surface area (Å²) in [5, 5.41) is 2.73. The van der Waals surface area contributed by atoms with Crippen LogP contribution in [0.2, 0.25) is 0 Å². The molecule has 0 saturated carbocycles. The van der Waals surface area contributed by atoms with Crippen LogP contribution >= 0.6 is 0 Å². The fourth-order valence-corrected chi connectivity index (χ4v) is 8.40. The Balaban J connectivity index is 0.913. The van der Waals surface area contributed by atoms with Gasteiger partial charge < -0.3 is 34.7 Å². The van der Waals surface area contributed by atoms with Crippen molar-refractivity contribution in [2.24, 2.45) is 4.99 Å². The van der Waals surface area contributed by atoms with Gasteiger partial charge in [0.1, 0.15) is 17.7 Å². The summed E-state index contributed by atoms with van der Waals surface area (Å²) in [7, 11) is 2.68. The van der Waals surface area contributed by atoms with Crippen molar-refractivity contribution in [2.45, 2.75) is 69.1 Å². The van der Waals surface area contributed by atoms with Gasteiger partial charge in [-0.3, -0.25) is 9.59 Å². The molecule has 2 aliphatic heterocycles. The van der Waals surface area contributed by atoms with Crippen LogP contribution in [0.1, 0.15) is 90.2 Å². The predicted molar refractivity (Wildman–Crippen MR) is 222 cm³/mol. The first-order chi connectivity index (χ1) is 28.9. The summed E-state index contributed by atoms with van der Waals surface area (Å²) in [4.78, 5) is 74.6. The lowest BCUT2D eigenvalue weighted by molar-refractivity contribution is -0.188. The van der Waals surface area contributed by atoms with Gasteiger partial charge in [-0.05, 0) is 91.5 Å². The molecule has 14 nitrogen and oxygen atoms in total. The summed E-state index contributed by atoms with van der Waals surface area (Å²) in [6.07, 6.45) is 6.49. The third-order valence-corrected chi connectivity index (χ3v) is 11.3. The van der Waals surface area contributed by atoms with E-state index >= 15 is 0 Å². The number of hydrogen-bond acceptors (Lipinski definition) is 9. The van der Waals surface area contributed by atoms with Gasteiger partial charge in [0.2, 0.25) is 6.40 Å². The molecule has 2 aliphatic rings. The van der Waals surface area contributed by atoms with Gasteiger partial charge in [-0.1, -0.05) is 72.8 Å². The second kappa shape index (κ2) is 17.9. The van der Waals surface area contributed by atoms with Crippen LogP contribution in [-0.4, -0.2) is 81.4 Å². The Morgan fingerprint density at radius 1 is 0.763 bits per heavy atom. The van der Waals surface area contributed by atoms with Gasteiger partial charge in [0.15, 0.2) is 6.04 Å². The van der Waals surface area contributed by atoms with Crippen LogP contribution < -0.4 is 5.32 Å². The third-order valence-electron chi connectivity index (χ3n) is 11.3. The van der Waals surface area contributed by atoms with E-state index in [-0.39, 0.29) is 23.9 Å². The number of aromatic nitrogens is 4. The fraction of sp³-hybridized carbons (Fsp3) is 0.333. The highest BCUT2D eigenvalue weighted by Crippen LogP contribution is 2.36. The van der Waals surface area contributed by atoms with Gasteiger partial charge in [-0.2, -0.15) is 4.89 Å². The number of fused-ring (bicyclic) bond motifs is 2. The molecule has 304 valence electrons. The van der Waals surface area contributed by atoms with Crippen LogP contribution in [0.25, 0.3) is 22.1 Å². The number of carbonyl (C=O) groups excluding carboxylic acids is 3. The van der Waals surface area contributed by atoms with E-state index in [1.54, 1.807) is 0 Å². The van der Waals surface area contributed by atoms with E-state index in [4.69, 9.17) is 19.6 Å². The standard InChI is InChI=1S/C45H48N8O6/c1-57-45(56)51-40(32-16-7-4-8-17-32)44(55)53-25-11-19-38(53)42-48-34-23-21-30(27-36(34)50-42)13-9-12-29-20-22-33-35(26-29)49-41(47-33)37-18-10-24-52(37)43(54)39(46-28-59-58-2)31-14-5-3-6-15-31/h3-8,14-17,20-23,26-28,37-40H,9-13,18-19,24-25H2,1-2H3,(H,47,49)(H,48,50)(H,51,56)/t37-,38-,39+,40+/m0/s1. The quantitative estimate of drug-likeness (QED) is 0.0444. The largest absolute Gasteiger partial charge is 0.453 e. The molecule has 6 aromatic rings. The normalized spacial score (nSPS) is 17.8. The van der Waals surface area contributed by atoms with E-state index in [1.807, 2.05) is 82.6 Å². The first kappa shape index (κ1) is 39.3. The summed E-state index contributed by atoms with van der Waals surface area (Å²) in [5.41, 5.74) is 7.46. The van der Waals surface area contributed by atoms with Gasteiger partial charge in [-0.15, -0.1) is 0 Å². The molecular formula is C45H48N8O6. The lowest BCUT2D eigenvalue weighted by Crippen LogP contribution is -2.42.